The minimum atomic E-state index is -0.537. The first kappa shape index (κ1) is 25.5. The Morgan fingerprint density at radius 3 is 2.03 bits per heavy atom. The Bertz CT molecular complexity index is 568. The standard InChI is InChI=1S/C24H42N2O5/c1-3-5-7-8-13-19-30-23(28)21-15-10-11-16-25(21)22(27)20-14-9-12-17-26(20)24(29)31-18-6-4-2/h20-21H,3-19H2,1-2H3. The number of esters is 1. The number of unbranched alkanes of at least 4 members (excludes halogenated alkanes) is 5. The van der Waals surface area contributed by atoms with Crippen molar-refractivity contribution < 1.29 is 23.9 Å². The lowest BCUT2D eigenvalue weighted by Gasteiger charge is -2.40. The number of hydrogen-bond acceptors (Lipinski definition) is 5. The highest BCUT2D eigenvalue weighted by molar-refractivity contribution is 5.90. The summed E-state index contributed by atoms with van der Waals surface area (Å²) in [7, 11) is 0. The van der Waals surface area contributed by atoms with Crippen molar-refractivity contribution in [1.82, 2.24) is 9.80 Å². The molecule has 0 aromatic rings. The van der Waals surface area contributed by atoms with Gasteiger partial charge in [-0.2, -0.15) is 0 Å². The monoisotopic (exact) mass is 438 g/mol. The van der Waals surface area contributed by atoms with Gasteiger partial charge in [-0.05, 0) is 51.4 Å². The van der Waals surface area contributed by atoms with Gasteiger partial charge in [0.25, 0.3) is 0 Å². The molecule has 0 radical (unpaired) electrons. The van der Waals surface area contributed by atoms with E-state index in [4.69, 9.17) is 9.47 Å². The van der Waals surface area contributed by atoms with E-state index in [1.54, 1.807) is 9.80 Å². The second kappa shape index (κ2) is 14.3. The smallest absolute Gasteiger partial charge is 0.410 e. The molecule has 7 nitrogen and oxygen atoms in total. The fourth-order valence-electron chi connectivity index (χ4n) is 4.40. The third kappa shape index (κ3) is 8.00. The topological polar surface area (TPSA) is 76.2 Å². The van der Waals surface area contributed by atoms with Gasteiger partial charge in [-0.3, -0.25) is 9.69 Å². The Morgan fingerprint density at radius 1 is 0.710 bits per heavy atom. The van der Waals surface area contributed by atoms with Crippen molar-refractivity contribution >= 4 is 18.0 Å². The largest absolute Gasteiger partial charge is 0.464 e. The van der Waals surface area contributed by atoms with E-state index in [-0.39, 0.29) is 11.9 Å². The van der Waals surface area contributed by atoms with Crippen LogP contribution in [0.3, 0.4) is 0 Å². The molecular weight excluding hydrogens is 396 g/mol. The van der Waals surface area contributed by atoms with Gasteiger partial charge >= 0.3 is 12.1 Å². The van der Waals surface area contributed by atoms with Gasteiger partial charge in [0.05, 0.1) is 13.2 Å². The van der Waals surface area contributed by atoms with Gasteiger partial charge < -0.3 is 14.4 Å². The van der Waals surface area contributed by atoms with Crippen molar-refractivity contribution in [3.8, 4) is 0 Å². The molecule has 0 saturated carbocycles. The molecule has 31 heavy (non-hydrogen) atoms. The summed E-state index contributed by atoms with van der Waals surface area (Å²) in [6.45, 7) is 6.09. The normalized spacial score (nSPS) is 21.6. The number of carbonyl (C=O) groups is 3. The molecule has 2 heterocycles. The predicted molar refractivity (Wildman–Crippen MR) is 120 cm³/mol. The van der Waals surface area contributed by atoms with E-state index in [2.05, 4.69) is 6.92 Å². The molecule has 2 saturated heterocycles. The number of likely N-dealkylation sites (tertiary alicyclic amines) is 2. The second-order valence-corrected chi connectivity index (χ2v) is 8.80. The lowest BCUT2D eigenvalue weighted by molar-refractivity contribution is -0.159. The molecule has 0 aliphatic carbocycles. The lowest BCUT2D eigenvalue weighted by atomic mass is 9.97. The fourth-order valence-corrected chi connectivity index (χ4v) is 4.40. The van der Waals surface area contributed by atoms with Crippen LogP contribution < -0.4 is 0 Å². The quantitative estimate of drug-likeness (QED) is 0.346. The Morgan fingerprint density at radius 2 is 1.32 bits per heavy atom. The van der Waals surface area contributed by atoms with Crippen LogP contribution in [0, 0.1) is 0 Å². The summed E-state index contributed by atoms with van der Waals surface area (Å²) in [6.07, 6.45) is 11.6. The Hall–Kier alpha value is -1.79. The van der Waals surface area contributed by atoms with E-state index in [0.29, 0.717) is 39.1 Å². The maximum absolute atomic E-state index is 13.4. The van der Waals surface area contributed by atoms with Gasteiger partial charge in [-0.25, -0.2) is 9.59 Å². The van der Waals surface area contributed by atoms with Crippen LogP contribution in [0.25, 0.3) is 0 Å². The van der Waals surface area contributed by atoms with Gasteiger partial charge in [-0.1, -0.05) is 46.0 Å². The number of amides is 2. The van der Waals surface area contributed by atoms with Crippen molar-refractivity contribution in [2.45, 2.75) is 109 Å². The van der Waals surface area contributed by atoms with Gasteiger partial charge in [0.1, 0.15) is 12.1 Å². The summed E-state index contributed by atoms with van der Waals surface area (Å²) in [5.74, 6) is -0.423. The molecular formula is C24H42N2O5. The average Bonchev–Trinajstić information content (AvgIpc) is 2.80. The fraction of sp³-hybridized carbons (Fsp3) is 0.875. The van der Waals surface area contributed by atoms with Crippen LogP contribution in [0.2, 0.25) is 0 Å². The van der Waals surface area contributed by atoms with Crippen LogP contribution in [0.15, 0.2) is 0 Å². The number of hydrogen-bond donors (Lipinski definition) is 0. The maximum Gasteiger partial charge on any atom is 0.410 e. The SMILES string of the molecule is CCCCCCCOC(=O)C1CCCCN1C(=O)C1CCCCN1C(=O)OCCCC. The van der Waals surface area contributed by atoms with E-state index < -0.39 is 18.2 Å². The van der Waals surface area contributed by atoms with Crippen LogP contribution in [0.1, 0.15) is 97.3 Å². The molecule has 2 atom stereocenters. The highest BCUT2D eigenvalue weighted by Gasteiger charge is 2.41. The molecule has 0 bridgehead atoms. The van der Waals surface area contributed by atoms with Crippen LogP contribution >= 0.6 is 0 Å². The summed E-state index contributed by atoms with van der Waals surface area (Å²) >= 11 is 0. The van der Waals surface area contributed by atoms with Gasteiger partial charge in [0.15, 0.2) is 0 Å². The molecule has 0 spiro atoms. The molecule has 2 aliphatic heterocycles. The van der Waals surface area contributed by atoms with E-state index in [1.165, 1.54) is 12.8 Å². The molecule has 2 aliphatic rings. The van der Waals surface area contributed by atoms with Crippen LogP contribution in [-0.4, -0.2) is 66.2 Å². The summed E-state index contributed by atoms with van der Waals surface area (Å²) in [4.78, 5) is 42.0. The summed E-state index contributed by atoms with van der Waals surface area (Å²) in [5.41, 5.74) is 0. The van der Waals surface area contributed by atoms with Crippen molar-refractivity contribution in [3.63, 3.8) is 0 Å². The summed E-state index contributed by atoms with van der Waals surface area (Å²) in [5, 5.41) is 0. The third-order valence-corrected chi connectivity index (χ3v) is 6.30. The molecule has 178 valence electrons. The lowest BCUT2D eigenvalue weighted by Crippen LogP contribution is -2.58. The molecule has 0 aromatic heterocycles. The molecule has 0 N–H and O–H groups in total. The predicted octanol–water partition coefficient (Wildman–Crippen LogP) is 4.67. The van der Waals surface area contributed by atoms with Crippen LogP contribution in [0.5, 0.6) is 0 Å². The highest BCUT2D eigenvalue weighted by atomic mass is 16.6. The first-order valence-electron chi connectivity index (χ1n) is 12.5. The number of piperidine rings is 2. The Kier molecular flexibility index (Phi) is 11.8. The van der Waals surface area contributed by atoms with Crippen molar-refractivity contribution in [2.24, 2.45) is 0 Å². The zero-order chi connectivity index (χ0) is 22.5. The summed E-state index contributed by atoms with van der Waals surface area (Å²) in [6, 6.07) is -1.07. The van der Waals surface area contributed by atoms with Gasteiger partial charge in [0, 0.05) is 13.1 Å². The highest BCUT2D eigenvalue weighted by Crippen LogP contribution is 2.25. The van der Waals surface area contributed by atoms with Gasteiger partial charge in [0.2, 0.25) is 5.91 Å². The minimum absolute atomic E-state index is 0.128. The first-order valence-corrected chi connectivity index (χ1v) is 12.5. The molecule has 2 amide bonds. The van der Waals surface area contributed by atoms with Crippen molar-refractivity contribution in [1.29, 1.82) is 0 Å². The summed E-state index contributed by atoms with van der Waals surface area (Å²) < 4.78 is 10.9. The van der Waals surface area contributed by atoms with E-state index in [9.17, 15) is 14.4 Å². The van der Waals surface area contributed by atoms with Gasteiger partial charge in [-0.15, -0.1) is 0 Å². The number of rotatable bonds is 11. The Balaban J connectivity index is 1.94. The number of carbonyl (C=O) groups excluding carboxylic acids is 3. The zero-order valence-corrected chi connectivity index (χ0v) is 19.6. The molecule has 7 heteroatoms. The first-order chi connectivity index (χ1) is 15.1. The number of nitrogens with zero attached hydrogens (tertiary/aromatic N) is 2. The maximum atomic E-state index is 13.4. The second-order valence-electron chi connectivity index (χ2n) is 8.80. The minimum Gasteiger partial charge on any atom is -0.464 e. The van der Waals surface area contributed by atoms with E-state index >= 15 is 0 Å². The van der Waals surface area contributed by atoms with Crippen molar-refractivity contribution in [2.75, 3.05) is 26.3 Å². The Labute approximate surface area is 187 Å². The molecule has 2 fully saturated rings. The van der Waals surface area contributed by atoms with Crippen molar-refractivity contribution in [3.05, 3.63) is 0 Å². The average molecular weight is 439 g/mol. The van der Waals surface area contributed by atoms with Crippen LogP contribution in [0.4, 0.5) is 4.79 Å². The zero-order valence-electron chi connectivity index (χ0n) is 19.6. The number of ether oxygens (including phenoxy) is 2. The van der Waals surface area contributed by atoms with E-state index in [1.807, 2.05) is 6.92 Å². The molecule has 0 aromatic carbocycles. The molecule has 2 rings (SSSR count). The van der Waals surface area contributed by atoms with E-state index in [0.717, 1.165) is 57.8 Å². The third-order valence-electron chi connectivity index (χ3n) is 6.30. The van der Waals surface area contributed by atoms with Crippen LogP contribution in [-0.2, 0) is 19.1 Å². The molecule has 2 unspecified atom stereocenters.